The summed E-state index contributed by atoms with van der Waals surface area (Å²) in [5.41, 5.74) is -1.59. The lowest BCUT2D eigenvalue weighted by Gasteiger charge is -2.17. The number of hydrogen-bond donors (Lipinski definition) is 0. The summed E-state index contributed by atoms with van der Waals surface area (Å²) in [5, 5.41) is 3.29. The first-order valence-electron chi connectivity index (χ1n) is 4.69. The van der Waals surface area contributed by atoms with Crippen LogP contribution in [0.2, 0.25) is 0 Å². The number of ether oxygens (including phenoxy) is 1. The molecule has 0 unspecified atom stereocenters. The van der Waals surface area contributed by atoms with E-state index in [0.717, 1.165) is 0 Å². The number of carbonyl (C=O) groups excluding carboxylic acids is 1. The zero-order chi connectivity index (χ0) is 12.3. The highest BCUT2D eigenvalue weighted by atomic mass is 19.3. The molecule has 0 atom stereocenters. The quantitative estimate of drug-likeness (QED) is 0.743. The van der Waals surface area contributed by atoms with E-state index in [0.29, 0.717) is 0 Å². The molecule has 1 heterocycles. The van der Waals surface area contributed by atoms with Crippen molar-refractivity contribution in [1.82, 2.24) is 10.1 Å². The normalized spacial score (nSPS) is 11.9. The van der Waals surface area contributed by atoms with Gasteiger partial charge in [-0.25, -0.2) is 13.6 Å². The summed E-state index contributed by atoms with van der Waals surface area (Å²) in [6, 6.07) is 0. The highest BCUT2D eigenvalue weighted by molar-refractivity contribution is 5.84. The van der Waals surface area contributed by atoms with E-state index in [9.17, 15) is 13.6 Å². The third-order valence-corrected chi connectivity index (χ3v) is 1.98. The van der Waals surface area contributed by atoms with Crippen LogP contribution < -0.4 is 0 Å². The Morgan fingerprint density at radius 2 is 2.19 bits per heavy atom. The van der Waals surface area contributed by atoms with Gasteiger partial charge in [-0.3, -0.25) is 0 Å². The molecule has 0 aliphatic carbocycles. The standard InChI is InChI=1S/C9H12F2N2O3/c1-4-15-6(14)5-12-8(16-13-5)9(2,3)7(10)11/h7H,4H2,1-3H3. The van der Waals surface area contributed by atoms with E-state index < -0.39 is 17.8 Å². The largest absolute Gasteiger partial charge is 0.460 e. The number of hydrogen-bond acceptors (Lipinski definition) is 5. The zero-order valence-corrected chi connectivity index (χ0v) is 9.16. The van der Waals surface area contributed by atoms with Crippen molar-refractivity contribution in [2.75, 3.05) is 6.61 Å². The van der Waals surface area contributed by atoms with Crippen LogP contribution in [0.3, 0.4) is 0 Å². The number of nitrogens with zero attached hydrogens (tertiary/aromatic N) is 2. The maximum Gasteiger partial charge on any atom is 0.379 e. The van der Waals surface area contributed by atoms with Crippen molar-refractivity contribution in [1.29, 1.82) is 0 Å². The average molecular weight is 234 g/mol. The van der Waals surface area contributed by atoms with Gasteiger partial charge in [0.05, 0.1) is 6.61 Å². The molecule has 5 nitrogen and oxygen atoms in total. The molecule has 0 aliphatic heterocycles. The van der Waals surface area contributed by atoms with Gasteiger partial charge in [-0.2, -0.15) is 4.98 Å². The van der Waals surface area contributed by atoms with Gasteiger partial charge in [0.25, 0.3) is 12.2 Å². The Kier molecular flexibility index (Phi) is 3.56. The van der Waals surface area contributed by atoms with E-state index >= 15 is 0 Å². The second-order valence-corrected chi connectivity index (χ2v) is 3.67. The third-order valence-electron chi connectivity index (χ3n) is 1.98. The van der Waals surface area contributed by atoms with Gasteiger partial charge in [-0.15, -0.1) is 0 Å². The number of alkyl halides is 2. The van der Waals surface area contributed by atoms with Crippen molar-refractivity contribution in [3.8, 4) is 0 Å². The lowest BCUT2D eigenvalue weighted by Crippen LogP contribution is -2.27. The van der Waals surface area contributed by atoms with E-state index in [1.54, 1.807) is 6.92 Å². The van der Waals surface area contributed by atoms with Crippen LogP contribution in [-0.2, 0) is 10.2 Å². The smallest absolute Gasteiger partial charge is 0.379 e. The highest BCUT2D eigenvalue weighted by Gasteiger charge is 2.38. The third kappa shape index (κ3) is 2.34. The van der Waals surface area contributed by atoms with Crippen molar-refractivity contribution in [2.24, 2.45) is 0 Å². The summed E-state index contributed by atoms with van der Waals surface area (Å²) in [5.74, 6) is -1.42. The van der Waals surface area contributed by atoms with Crippen molar-refractivity contribution in [3.63, 3.8) is 0 Å². The molecule has 16 heavy (non-hydrogen) atoms. The lowest BCUT2D eigenvalue weighted by molar-refractivity contribution is 0.0505. The Balaban J connectivity index is 2.91. The predicted molar refractivity (Wildman–Crippen MR) is 49.3 cm³/mol. The van der Waals surface area contributed by atoms with Gasteiger partial charge in [0.1, 0.15) is 5.41 Å². The fraction of sp³-hybridized carbons (Fsp3) is 0.667. The van der Waals surface area contributed by atoms with Crippen LogP contribution in [0.4, 0.5) is 8.78 Å². The maximum absolute atomic E-state index is 12.6. The minimum absolute atomic E-state index is 0.154. The number of halogens is 2. The molecule has 0 N–H and O–H groups in total. The summed E-state index contributed by atoms with van der Waals surface area (Å²) in [4.78, 5) is 14.7. The molecule has 7 heteroatoms. The van der Waals surface area contributed by atoms with Gasteiger partial charge >= 0.3 is 5.97 Å². The molecule has 0 saturated heterocycles. The fourth-order valence-electron chi connectivity index (χ4n) is 0.857. The number of aromatic nitrogens is 2. The van der Waals surface area contributed by atoms with Crippen LogP contribution in [0.5, 0.6) is 0 Å². The summed E-state index contributed by atoms with van der Waals surface area (Å²) in [7, 11) is 0. The molecule has 0 saturated carbocycles. The summed E-state index contributed by atoms with van der Waals surface area (Å²) < 4.78 is 34.4. The first-order chi connectivity index (χ1) is 7.39. The highest BCUT2D eigenvalue weighted by Crippen LogP contribution is 2.28. The monoisotopic (exact) mass is 234 g/mol. The van der Waals surface area contributed by atoms with Crippen molar-refractivity contribution >= 4 is 5.97 Å². The van der Waals surface area contributed by atoms with Crippen LogP contribution in [0.25, 0.3) is 0 Å². The molecular weight excluding hydrogens is 222 g/mol. The Hall–Kier alpha value is -1.53. The first-order valence-corrected chi connectivity index (χ1v) is 4.69. The average Bonchev–Trinajstić information content (AvgIpc) is 2.67. The molecule has 0 amide bonds. The predicted octanol–water partition coefficient (Wildman–Crippen LogP) is 1.79. The molecule has 0 fully saturated rings. The second-order valence-electron chi connectivity index (χ2n) is 3.67. The maximum atomic E-state index is 12.6. The molecule has 0 bridgehead atoms. The van der Waals surface area contributed by atoms with Crippen molar-refractivity contribution in [3.05, 3.63) is 11.7 Å². The van der Waals surface area contributed by atoms with Gasteiger partial charge < -0.3 is 9.26 Å². The first kappa shape index (κ1) is 12.5. The Morgan fingerprint density at radius 1 is 1.56 bits per heavy atom. The summed E-state index contributed by atoms with van der Waals surface area (Å²) >= 11 is 0. The fourth-order valence-corrected chi connectivity index (χ4v) is 0.857. The second kappa shape index (κ2) is 4.54. The minimum Gasteiger partial charge on any atom is -0.460 e. The summed E-state index contributed by atoms with van der Waals surface area (Å²) in [6.45, 7) is 4.27. The van der Waals surface area contributed by atoms with Gasteiger partial charge in [0, 0.05) is 0 Å². The van der Waals surface area contributed by atoms with Crippen molar-refractivity contribution in [2.45, 2.75) is 32.6 Å². The van der Waals surface area contributed by atoms with Gasteiger partial charge in [-0.05, 0) is 25.9 Å². The van der Waals surface area contributed by atoms with Gasteiger partial charge in [0.2, 0.25) is 5.89 Å². The Labute approximate surface area is 90.8 Å². The molecule has 1 rings (SSSR count). The Bertz CT molecular complexity index is 377. The topological polar surface area (TPSA) is 65.2 Å². The van der Waals surface area contributed by atoms with E-state index in [2.05, 4.69) is 19.4 Å². The van der Waals surface area contributed by atoms with Crippen LogP contribution in [-0.4, -0.2) is 29.1 Å². The molecule has 0 radical (unpaired) electrons. The SMILES string of the molecule is CCOC(=O)c1noc(C(C)(C)C(F)F)n1. The van der Waals surface area contributed by atoms with Crippen molar-refractivity contribution < 1.29 is 22.8 Å². The zero-order valence-electron chi connectivity index (χ0n) is 9.16. The van der Waals surface area contributed by atoms with Gasteiger partial charge in [-0.1, -0.05) is 0 Å². The van der Waals surface area contributed by atoms with Crippen LogP contribution in [0, 0.1) is 0 Å². The Morgan fingerprint density at radius 3 is 2.69 bits per heavy atom. The molecule has 0 aromatic carbocycles. The van der Waals surface area contributed by atoms with E-state index in [1.165, 1.54) is 13.8 Å². The lowest BCUT2D eigenvalue weighted by atomic mass is 9.94. The van der Waals surface area contributed by atoms with E-state index in [-0.39, 0.29) is 18.3 Å². The number of carbonyl (C=O) groups is 1. The number of rotatable bonds is 4. The minimum atomic E-state index is -2.66. The number of esters is 1. The molecule has 0 aliphatic rings. The van der Waals surface area contributed by atoms with E-state index in [4.69, 9.17) is 0 Å². The van der Waals surface area contributed by atoms with Crippen LogP contribution in [0.15, 0.2) is 4.52 Å². The molecular formula is C9H12F2N2O3. The van der Waals surface area contributed by atoms with Gasteiger partial charge in [0.15, 0.2) is 0 Å². The summed E-state index contributed by atoms with van der Waals surface area (Å²) in [6.07, 6.45) is -2.66. The molecule has 90 valence electrons. The molecule has 1 aromatic heterocycles. The van der Waals surface area contributed by atoms with Crippen LogP contribution >= 0.6 is 0 Å². The van der Waals surface area contributed by atoms with Crippen LogP contribution in [0.1, 0.15) is 37.3 Å². The molecule has 0 spiro atoms. The van der Waals surface area contributed by atoms with E-state index in [1.807, 2.05) is 0 Å². The molecule has 1 aromatic rings.